The monoisotopic (exact) mass is 315 g/mol. The molecule has 1 aliphatic rings. The third-order valence-electron chi connectivity index (χ3n) is 4.64. The summed E-state index contributed by atoms with van der Waals surface area (Å²) in [5, 5.41) is 17.8. The van der Waals surface area contributed by atoms with Gasteiger partial charge in [0.25, 0.3) is 0 Å². The van der Waals surface area contributed by atoms with E-state index in [1.54, 1.807) is 11.3 Å². The normalized spacial score (nSPS) is 16.7. The lowest BCUT2D eigenvalue weighted by molar-refractivity contribution is 0.155. The molecule has 1 aromatic heterocycles. The van der Waals surface area contributed by atoms with Gasteiger partial charge in [-0.1, -0.05) is 24.3 Å². The molecule has 1 unspecified atom stereocenters. The first-order valence-electron chi connectivity index (χ1n) is 8.05. The van der Waals surface area contributed by atoms with E-state index in [2.05, 4.69) is 43.4 Å². The Morgan fingerprint density at radius 1 is 1.23 bits per heavy atom. The summed E-state index contributed by atoms with van der Waals surface area (Å²) in [6.07, 6.45) is 3.10. The van der Waals surface area contributed by atoms with Crippen molar-refractivity contribution in [3.05, 3.63) is 57.8 Å². The molecule has 0 bridgehead atoms. The predicted octanol–water partition coefficient (Wildman–Crippen LogP) is 3.95. The molecule has 0 fully saturated rings. The highest BCUT2D eigenvalue weighted by atomic mass is 32.1. The molecule has 1 heterocycles. The number of aliphatic hydroxyl groups is 1. The Morgan fingerprint density at radius 2 is 1.91 bits per heavy atom. The first-order valence-corrected chi connectivity index (χ1v) is 9.00. The highest BCUT2D eigenvalue weighted by Crippen LogP contribution is 2.32. The lowest BCUT2D eigenvalue weighted by Crippen LogP contribution is -2.43. The Kier molecular flexibility index (Phi) is 4.67. The summed E-state index contributed by atoms with van der Waals surface area (Å²) in [4.78, 5) is 0. The van der Waals surface area contributed by atoms with Gasteiger partial charge in [0.1, 0.15) is 0 Å². The molecule has 118 valence electrons. The van der Waals surface area contributed by atoms with E-state index in [4.69, 9.17) is 0 Å². The molecule has 2 nitrogen and oxygen atoms in total. The average molecular weight is 315 g/mol. The van der Waals surface area contributed by atoms with Gasteiger partial charge in [0.15, 0.2) is 0 Å². The van der Waals surface area contributed by atoms with Crippen LogP contribution >= 0.6 is 11.3 Å². The molecule has 0 saturated carbocycles. The fourth-order valence-electron chi connectivity index (χ4n) is 3.54. The summed E-state index contributed by atoms with van der Waals surface area (Å²) in [5.74, 6) is 0.707. The minimum Gasteiger partial charge on any atom is -0.387 e. The van der Waals surface area contributed by atoms with Crippen LogP contribution in [0.4, 0.5) is 0 Å². The molecule has 0 spiro atoms. The summed E-state index contributed by atoms with van der Waals surface area (Å²) in [6, 6.07) is 10.8. The van der Waals surface area contributed by atoms with Crippen LogP contribution in [-0.4, -0.2) is 17.2 Å². The van der Waals surface area contributed by atoms with Gasteiger partial charge in [-0.05, 0) is 72.5 Å². The smallest absolute Gasteiger partial charge is 0.0922 e. The number of benzene rings is 1. The molecule has 0 aliphatic heterocycles. The molecule has 22 heavy (non-hydrogen) atoms. The fraction of sp³-hybridized carbons (Fsp3) is 0.474. The highest BCUT2D eigenvalue weighted by Gasteiger charge is 2.28. The van der Waals surface area contributed by atoms with Crippen LogP contribution in [0.5, 0.6) is 0 Å². The molecule has 1 atom stereocenters. The van der Waals surface area contributed by atoms with E-state index in [0.29, 0.717) is 12.5 Å². The van der Waals surface area contributed by atoms with Gasteiger partial charge in [-0.15, -0.1) is 0 Å². The number of fused-ring (bicyclic) bond motifs is 1. The van der Waals surface area contributed by atoms with Gasteiger partial charge in [0.2, 0.25) is 0 Å². The standard InChI is InChI=1S/C19H25NOS/c1-19(2,20-12-18(21)17-7-8-22-13-17)11-14-9-15-5-3-4-6-16(15)10-14/h3-8,13-14,18,20-21H,9-12H2,1-2H3. The average Bonchev–Trinajstić information content (AvgIpc) is 3.12. The maximum Gasteiger partial charge on any atom is 0.0922 e. The van der Waals surface area contributed by atoms with E-state index in [9.17, 15) is 5.11 Å². The van der Waals surface area contributed by atoms with Crippen molar-refractivity contribution in [3.63, 3.8) is 0 Å². The van der Waals surface area contributed by atoms with E-state index in [-0.39, 0.29) is 5.54 Å². The molecular weight excluding hydrogens is 290 g/mol. The maximum absolute atomic E-state index is 10.2. The highest BCUT2D eigenvalue weighted by molar-refractivity contribution is 7.07. The Hall–Kier alpha value is -1.16. The van der Waals surface area contributed by atoms with Crippen LogP contribution in [0.15, 0.2) is 41.1 Å². The third-order valence-corrected chi connectivity index (χ3v) is 5.34. The minimum atomic E-state index is -0.411. The fourth-order valence-corrected chi connectivity index (χ4v) is 4.25. The Bertz CT molecular complexity index is 581. The molecule has 0 saturated heterocycles. The van der Waals surface area contributed by atoms with Crippen LogP contribution in [0.1, 0.15) is 43.1 Å². The minimum absolute atomic E-state index is 0.0453. The van der Waals surface area contributed by atoms with Gasteiger partial charge in [0.05, 0.1) is 6.10 Å². The van der Waals surface area contributed by atoms with Gasteiger partial charge in [-0.25, -0.2) is 0 Å². The van der Waals surface area contributed by atoms with E-state index < -0.39 is 6.10 Å². The van der Waals surface area contributed by atoms with E-state index >= 15 is 0 Å². The number of rotatable bonds is 6. The summed E-state index contributed by atoms with van der Waals surface area (Å²) in [7, 11) is 0. The van der Waals surface area contributed by atoms with Gasteiger partial charge in [-0.2, -0.15) is 11.3 Å². The summed E-state index contributed by atoms with van der Waals surface area (Å²) < 4.78 is 0. The van der Waals surface area contributed by atoms with Crippen molar-refractivity contribution < 1.29 is 5.11 Å². The van der Waals surface area contributed by atoms with Crippen LogP contribution < -0.4 is 5.32 Å². The second-order valence-corrected chi connectivity index (χ2v) is 7.86. The van der Waals surface area contributed by atoms with E-state index in [0.717, 1.165) is 12.0 Å². The molecule has 2 N–H and O–H groups in total. The number of thiophene rings is 1. The zero-order chi connectivity index (χ0) is 15.6. The molecular formula is C19H25NOS. The van der Waals surface area contributed by atoms with Crippen molar-refractivity contribution in [3.8, 4) is 0 Å². The van der Waals surface area contributed by atoms with Crippen molar-refractivity contribution in [2.24, 2.45) is 5.92 Å². The molecule has 3 rings (SSSR count). The van der Waals surface area contributed by atoms with Crippen LogP contribution in [0, 0.1) is 5.92 Å². The Morgan fingerprint density at radius 3 is 2.50 bits per heavy atom. The molecule has 1 aliphatic carbocycles. The number of hydrogen-bond donors (Lipinski definition) is 2. The lowest BCUT2D eigenvalue weighted by Gasteiger charge is -2.30. The van der Waals surface area contributed by atoms with Crippen molar-refractivity contribution in [2.75, 3.05) is 6.54 Å². The van der Waals surface area contributed by atoms with Crippen molar-refractivity contribution in [1.29, 1.82) is 0 Å². The van der Waals surface area contributed by atoms with Crippen molar-refractivity contribution >= 4 is 11.3 Å². The van der Waals surface area contributed by atoms with Crippen LogP contribution in [0.25, 0.3) is 0 Å². The van der Waals surface area contributed by atoms with E-state index in [1.165, 1.54) is 24.0 Å². The first-order chi connectivity index (χ1) is 10.5. The summed E-state index contributed by atoms with van der Waals surface area (Å²) in [5.41, 5.74) is 4.09. The predicted molar refractivity (Wildman–Crippen MR) is 93.3 cm³/mol. The second kappa shape index (κ2) is 6.53. The van der Waals surface area contributed by atoms with Crippen LogP contribution in [-0.2, 0) is 12.8 Å². The number of nitrogens with one attached hydrogen (secondary N) is 1. The van der Waals surface area contributed by atoms with Crippen LogP contribution in [0.3, 0.4) is 0 Å². The maximum atomic E-state index is 10.2. The van der Waals surface area contributed by atoms with Gasteiger partial charge < -0.3 is 10.4 Å². The molecule has 3 heteroatoms. The topological polar surface area (TPSA) is 32.3 Å². The lowest BCUT2D eigenvalue weighted by atomic mass is 9.88. The molecule has 0 amide bonds. The third kappa shape index (κ3) is 3.78. The van der Waals surface area contributed by atoms with Gasteiger partial charge in [-0.3, -0.25) is 0 Å². The molecule has 2 aromatic rings. The Labute approximate surface area is 137 Å². The molecule has 0 radical (unpaired) electrons. The van der Waals surface area contributed by atoms with Gasteiger partial charge >= 0.3 is 0 Å². The zero-order valence-corrected chi connectivity index (χ0v) is 14.2. The van der Waals surface area contributed by atoms with Gasteiger partial charge in [0, 0.05) is 12.1 Å². The van der Waals surface area contributed by atoms with Crippen molar-refractivity contribution in [1.82, 2.24) is 5.32 Å². The number of β-amino-alcohol motifs (C(OH)–C–C–N with tert-alkyl or cyclic N) is 1. The molecule has 1 aromatic carbocycles. The number of aliphatic hydroxyl groups excluding tert-OH is 1. The summed E-state index contributed by atoms with van der Waals surface area (Å²) in [6.45, 7) is 5.11. The van der Waals surface area contributed by atoms with Crippen LogP contribution in [0.2, 0.25) is 0 Å². The number of hydrogen-bond acceptors (Lipinski definition) is 3. The van der Waals surface area contributed by atoms with E-state index in [1.807, 2.05) is 16.8 Å². The summed E-state index contributed by atoms with van der Waals surface area (Å²) >= 11 is 1.63. The Balaban J connectivity index is 1.51. The first kappa shape index (κ1) is 15.7. The van der Waals surface area contributed by atoms with Crippen molar-refractivity contribution in [2.45, 2.75) is 44.8 Å². The SMILES string of the molecule is CC(C)(CC1Cc2ccccc2C1)NCC(O)c1ccsc1. The quantitative estimate of drug-likeness (QED) is 0.846. The largest absolute Gasteiger partial charge is 0.387 e. The second-order valence-electron chi connectivity index (χ2n) is 7.08. The zero-order valence-electron chi connectivity index (χ0n) is 13.4.